The maximum Gasteiger partial charge on any atom is 0.243 e. The van der Waals surface area contributed by atoms with Crippen LogP contribution in [0.1, 0.15) is 18.9 Å². The van der Waals surface area contributed by atoms with Gasteiger partial charge in [0.05, 0.1) is 4.90 Å². The van der Waals surface area contributed by atoms with E-state index in [1.54, 1.807) is 16.4 Å². The average Bonchev–Trinajstić information content (AvgIpc) is 2.99. The highest BCUT2D eigenvalue weighted by molar-refractivity contribution is 7.89. The van der Waals surface area contributed by atoms with Gasteiger partial charge in [-0.05, 0) is 50.4 Å². The Kier molecular flexibility index (Phi) is 3.60. The number of hydrogen-bond donors (Lipinski definition) is 1. The molecule has 0 aliphatic carbocycles. The number of rotatable bonds is 3. The van der Waals surface area contributed by atoms with Crippen molar-refractivity contribution in [3.8, 4) is 0 Å². The Hall–Kier alpha value is -0.910. The lowest BCUT2D eigenvalue weighted by Gasteiger charge is -2.26. The van der Waals surface area contributed by atoms with Crippen LogP contribution < -0.4 is 5.32 Å². The van der Waals surface area contributed by atoms with Crippen LogP contribution in [0.3, 0.4) is 0 Å². The molecule has 110 valence electrons. The van der Waals surface area contributed by atoms with E-state index >= 15 is 0 Å². The van der Waals surface area contributed by atoms with Gasteiger partial charge in [0.15, 0.2) is 0 Å². The fourth-order valence-corrected chi connectivity index (χ4v) is 5.41. The zero-order valence-corrected chi connectivity index (χ0v) is 12.9. The number of hydrogen-bond acceptors (Lipinski definition) is 3. The van der Waals surface area contributed by atoms with Gasteiger partial charge in [0.1, 0.15) is 0 Å². The molecule has 2 aliphatic rings. The highest BCUT2D eigenvalue weighted by Gasteiger charge is 2.47. The summed E-state index contributed by atoms with van der Waals surface area (Å²) in [5.41, 5.74) is 1.08. The number of fused-ring (bicyclic) bond motifs is 1. The molecule has 1 aromatic carbocycles. The largest absolute Gasteiger partial charge is 0.316 e. The van der Waals surface area contributed by atoms with Gasteiger partial charge in [-0.2, -0.15) is 4.31 Å². The molecule has 3 rings (SSSR count). The monoisotopic (exact) mass is 294 g/mol. The first-order valence-electron chi connectivity index (χ1n) is 7.33. The number of nitrogens with one attached hydrogen (secondary N) is 1. The fourth-order valence-electron chi connectivity index (χ4n) is 3.61. The summed E-state index contributed by atoms with van der Waals surface area (Å²) < 4.78 is 27.4. The van der Waals surface area contributed by atoms with Crippen molar-refractivity contribution in [1.82, 2.24) is 9.62 Å². The van der Waals surface area contributed by atoms with Gasteiger partial charge < -0.3 is 5.32 Å². The molecule has 2 saturated heterocycles. The second-order valence-electron chi connectivity index (χ2n) is 5.95. The third-order valence-electron chi connectivity index (χ3n) is 4.72. The smallest absolute Gasteiger partial charge is 0.243 e. The summed E-state index contributed by atoms with van der Waals surface area (Å²) in [6.07, 6.45) is 0.883. The van der Waals surface area contributed by atoms with Crippen molar-refractivity contribution in [2.75, 3.05) is 19.6 Å². The molecule has 2 aliphatic heterocycles. The van der Waals surface area contributed by atoms with E-state index in [0.29, 0.717) is 23.3 Å². The third kappa shape index (κ3) is 2.18. The van der Waals surface area contributed by atoms with Gasteiger partial charge in [-0.25, -0.2) is 8.42 Å². The van der Waals surface area contributed by atoms with E-state index in [-0.39, 0.29) is 6.04 Å². The van der Waals surface area contributed by atoms with Crippen LogP contribution in [-0.2, 0) is 10.0 Å². The van der Waals surface area contributed by atoms with Gasteiger partial charge in [0.25, 0.3) is 0 Å². The first-order chi connectivity index (χ1) is 9.54. The van der Waals surface area contributed by atoms with E-state index in [2.05, 4.69) is 12.2 Å². The maximum atomic E-state index is 12.9. The quantitative estimate of drug-likeness (QED) is 0.921. The molecule has 3 atom stereocenters. The Labute approximate surface area is 121 Å². The van der Waals surface area contributed by atoms with Gasteiger partial charge in [-0.1, -0.05) is 24.6 Å². The molecule has 1 N–H and O–H groups in total. The number of benzene rings is 1. The Bertz CT molecular complexity index is 582. The van der Waals surface area contributed by atoms with Crippen molar-refractivity contribution < 1.29 is 8.42 Å². The molecule has 1 aromatic rings. The van der Waals surface area contributed by atoms with Gasteiger partial charge in [0, 0.05) is 12.6 Å². The molecule has 0 spiro atoms. The zero-order valence-electron chi connectivity index (χ0n) is 12.0. The van der Waals surface area contributed by atoms with Crippen molar-refractivity contribution in [1.29, 1.82) is 0 Å². The van der Waals surface area contributed by atoms with Crippen LogP contribution in [0, 0.1) is 18.8 Å². The van der Waals surface area contributed by atoms with Crippen molar-refractivity contribution in [3.05, 3.63) is 29.8 Å². The summed E-state index contributed by atoms with van der Waals surface area (Å²) in [5.74, 6) is 0.945. The zero-order chi connectivity index (χ0) is 14.3. The second-order valence-corrected chi connectivity index (χ2v) is 7.84. The highest BCUT2D eigenvalue weighted by atomic mass is 32.2. The lowest BCUT2D eigenvalue weighted by molar-refractivity contribution is 0.329. The first-order valence-corrected chi connectivity index (χ1v) is 8.77. The summed E-state index contributed by atoms with van der Waals surface area (Å²) in [6.45, 7) is 6.61. The Morgan fingerprint density at radius 2 is 1.95 bits per heavy atom. The molecule has 2 heterocycles. The van der Waals surface area contributed by atoms with E-state index in [1.807, 2.05) is 19.1 Å². The van der Waals surface area contributed by atoms with Gasteiger partial charge >= 0.3 is 0 Å². The molecule has 5 heteroatoms. The van der Waals surface area contributed by atoms with Gasteiger partial charge in [0.2, 0.25) is 10.0 Å². The Morgan fingerprint density at radius 1 is 1.25 bits per heavy atom. The molecule has 2 fully saturated rings. The lowest BCUT2D eigenvalue weighted by atomic mass is 9.93. The predicted octanol–water partition coefficient (Wildman–Crippen LogP) is 1.61. The normalized spacial score (nSPS) is 30.6. The van der Waals surface area contributed by atoms with E-state index < -0.39 is 10.0 Å². The van der Waals surface area contributed by atoms with Crippen LogP contribution >= 0.6 is 0 Å². The summed E-state index contributed by atoms with van der Waals surface area (Å²) in [7, 11) is -3.35. The molecule has 0 radical (unpaired) electrons. The summed E-state index contributed by atoms with van der Waals surface area (Å²) >= 11 is 0. The van der Waals surface area contributed by atoms with Crippen LogP contribution in [0.15, 0.2) is 29.2 Å². The van der Waals surface area contributed by atoms with Crippen molar-refractivity contribution >= 4 is 10.0 Å². The van der Waals surface area contributed by atoms with Gasteiger partial charge in [-0.3, -0.25) is 0 Å². The molecule has 0 aromatic heterocycles. The predicted molar refractivity (Wildman–Crippen MR) is 79.0 cm³/mol. The maximum absolute atomic E-state index is 12.9. The molecule has 20 heavy (non-hydrogen) atoms. The topological polar surface area (TPSA) is 49.4 Å². The Morgan fingerprint density at radius 3 is 2.60 bits per heavy atom. The number of aryl methyl sites for hydroxylation is 1. The number of sulfonamides is 1. The van der Waals surface area contributed by atoms with Crippen molar-refractivity contribution in [2.45, 2.75) is 31.2 Å². The average molecular weight is 294 g/mol. The SMILES string of the molecule is CCC1C2CNCC2CN1S(=O)(=O)c1ccc(C)cc1. The molecule has 0 bridgehead atoms. The van der Waals surface area contributed by atoms with E-state index in [1.165, 1.54) is 0 Å². The second kappa shape index (κ2) is 5.13. The van der Waals surface area contributed by atoms with Gasteiger partial charge in [-0.15, -0.1) is 0 Å². The molecule has 0 amide bonds. The van der Waals surface area contributed by atoms with Crippen LogP contribution in [0.5, 0.6) is 0 Å². The van der Waals surface area contributed by atoms with Crippen LogP contribution in [0.25, 0.3) is 0 Å². The van der Waals surface area contributed by atoms with Crippen LogP contribution in [0.4, 0.5) is 0 Å². The summed E-state index contributed by atoms with van der Waals surface area (Å²) in [4.78, 5) is 0.425. The minimum atomic E-state index is -3.35. The molecular weight excluding hydrogens is 272 g/mol. The Balaban J connectivity index is 1.93. The summed E-state index contributed by atoms with van der Waals surface area (Å²) in [6, 6.07) is 7.33. The minimum Gasteiger partial charge on any atom is -0.316 e. The van der Waals surface area contributed by atoms with E-state index in [9.17, 15) is 8.42 Å². The third-order valence-corrected chi connectivity index (χ3v) is 6.62. The first kappa shape index (κ1) is 14.0. The molecule has 3 unspecified atom stereocenters. The lowest BCUT2D eigenvalue weighted by Crippen LogP contribution is -2.39. The van der Waals surface area contributed by atoms with Crippen LogP contribution in [0.2, 0.25) is 0 Å². The molecule has 0 saturated carbocycles. The molecular formula is C15H22N2O2S. The van der Waals surface area contributed by atoms with Crippen molar-refractivity contribution in [3.63, 3.8) is 0 Å². The van der Waals surface area contributed by atoms with Crippen molar-refractivity contribution in [2.24, 2.45) is 11.8 Å². The minimum absolute atomic E-state index is 0.140. The summed E-state index contributed by atoms with van der Waals surface area (Å²) in [5, 5.41) is 3.39. The van der Waals surface area contributed by atoms with Crippen LogP contribution in [-0.4, -0.2) is 38.4 Å². The van der Waals surface area contributed by atoms with E-state index in [0.717, 1.165) is 25.1 Å². The highest BCUT2D eigenvalue weighted by Crippen LogP contribution is 2.37. The molecule has 4 nitrogen and oxygen atoms in total. The van der Waals surface area contributed by atoms with E-state index in [4.69, 9.17) is 0 Å². The fraction of sp³-hybridized carbons (Fsp3) is 0.600. The number of nitrogens with zero attached hydrogens (tertiary/aromatic N) is 1. The standard InChI is InChI=1S/C15H22N2O2S/c1-3-15-14-9-16-8-12(14)10-17(15)20(18,19)13-6-4-11(2)5-7-13/h4-7,12,14-16H,3,8-10H2,1-2H3.